The van der Waals surface area contributed by atoms with Crippen LogP contribution >= 0.6 is 0 Å². The van der Waals surface area contributed by atoms with Crippen molar-refractivity contribution in [1.29, 1.82) is 0 Å². The number of anilines is 1. The van der Waals surface area contributed by atoms with Gasteiger partial charge in [0.1, 0.15) is 24.0 Å². The van der Waals surface area contributed by atoms with Gasteiger partial charge < -0.3 is 19.5 Å². The number of nitrogens with one attached hydrogen (secondary N) is 1. The second-order valence-electron chi connectivity index (χ2n) is 8.03. The Labute approximate surface area is 180 Å². The Morgan fingerprint density at radius 3 is 2.71 bits per heavy atom. The number of amides is 1. The molecule has 3 aromatic heterocycles. The fourth-order valence-electron chi connectivity index (χ4n) is 4.44. The standard InChI is InChI=1S/C21H26N8O2/c1-4-16(21(30)29-9-15-6-14(29)10-31-15)26-18-17-20(25-11-24-18)28(5-2)19(27-17)13-7-22-12(3)23-8-13/h7-8,11,14-16H,4-6,9-10H2,1-3H3,(H,24,25,26)/t14-,15-,16?/m1/s1. The lowest BCUT2D eigenvalue weighted by molar-refractivity contribution is -0.136. The number of hydrogen-bond acceptors (Lipinski definition) is 8. The summed E-state index contributed by atoms with van der Waals surface area (Å²) in [5.74, 6) is 2.09. The molecule has 5 heterocycles. The van der Waals surface area contributed by atoms with Gasteiger partial charge >= 0.3 is 0 Å². The molecule has 10 nitrogen and oxygen atoms in total. The van der Waals surface area contributed by atoms with Crippen LogP contribution in [0, 0.1) is 6.92 Å². The van der Waals surface area contributed by atoms with Crippen LogP contribution in [-0.2, 0) is 16.1 Å². The highest BCUT2D eigenvalue weighted by molar-refractivity contribution is 5.90. The molecule has 1 N–H and O–H groups in total. The minimum atomic E-state index is -0.379. The Balaban J connectivity index is 1.48. The van der Waals surface area contributed by atoms with E-state index in [9.17, 15) is 4.79 Å². The molecule has 2 aliphatic rings. The first-order valence-corrected chi connectivity index (χ1v) is 10.8. The summed E-state index contributed by atoms with van der Waals surface area (Å²) in [5.41, 5.74) is 2.16. The first-order chi connectivity index (χ1) is 15.1. The van der Waals surface area contributed by atoms with Crippen molar-refractivity contribution in [3.05, 3.63) is 24.5 Å². The number of carbonyl (C=O) groups excluding carboxylic acids is 1. The highest BCUT2D eigenvalue weighted by Crippen LogP contribution is 2.30. The molecule has 1 unspecified atom stereocenters. The van der Waals surface area contributed by atoms with Gasteiger partial charge in [0.05, 0.1) is 24.3 Å². The van der Waals surface area contributed by atoms with E-state index in [1.54, 1.807) is 12.4 Å². The van der Waals surface area contributed by atoms with E-state index in [1.807, 2.05) is 30.2 Å². The number of ether oxygens (including phenoxy) is 1. The smallest absolute Gasteiger partial charge is 0.245 e. The summed E-state index contributed by atoms with van der Waals surface area (Å²) in [6, 6.07) is -0.193. The van der Waals surface area contributed by atoms with E-state index in [0.29, 0.717) is 48.9 Å². The molecule has 0 spiro atoms. The lowest BCUT2D eigenvalue weighted by Gasteiger charge is -2.30. The average molecular weight is 422 g/mol. The van der Waals surface area contributed by atoms with E-state index < -0.39 is 0 Å². The van der Waals surface area contributed by atoms with Gasteiger partial charge in [0.2, 0.25) is 5.91 Å². The van der Waals surface area contributed by atoms with Crippen LogP contribution in [0.2, 0.25) is 0 Å². The maximum atomic E-state index is 13.2. The van der Waals surface area contributed by atoms with Crippen molar-refractivity contribution >= 4 is 22.9 Å². The number of likely N-dealkylation sites (tertiary alicyclic amines) is 1. The summed E-state index contributed by atoms with van der Waals surface area (Å²) in [4.78, 5) is 37.5. The molecule has 3 aromatic rings. The average Bonchev–Trinajstić information content (AvgIpc) is 3.51. The molecule has 162 valence electrons. The molecule has 2 saturated heterocycles. The number of morpholine rings is 1. The van der Waals surface area contributed by atoms with Crippen LogP contribution in [0.1, 0.15) is 32.5 Å². The van der Waals surface area contributed by atoms with Crippen LogP contribution in [-0.4, -0.2) is 71.6 Å². The van der Waals surface area contributed by atoms with Crippen molar-refractivity contribution in [2.45, 2.75) is 58.3 Å². The number of rotatable bonds is 6. The number of nitrogens with zero attached hydrogens (tertiary/aromatic N) is 7. The number of fused-ring (bicyclic) bond motifs is 3. The Hall–Kier alpha value is -3.14. The highest BCUT2D eigenvalue weighted by atomic mass is 16.5. The van der Waals surface area contributed by atoms with Crippen molar-refractivity contribution in [1.82, 2.24) is 34.4 Å². The Morgan fingerprint density at radius 2 is 2.06 bits per heavy atom. The van der Waals surface area contributed by atoms with Crippen LogP contribution < -0.4 is 5.32 Å². The zero-order valence-corrected chi connectivity index (χ0v) is 17.9. The molecule has 2 bridgehead atoms. The van der Waals surface area contributed by atoms with Crippen LogP contribution in [0.15, 0.2) is 18.7 Å². The summed E-state index contributed by atoms with van der Waals surface area (Å²) in [5, 5.41) is 3.34. The molecular weight excluding hydrogens is 396 g/mol. The lowest BCUT2D eigenvalue weighted by atomic mass is 10.1. The van der Waals surface area contributed by atoms with Crippen molar-refractivity contribution in [3.8, 4) is 11.4 Å². The molecule has 0 aromatic carbocycles. The molecule has 10 heteroatoms. The van der Waals surface area contributed by atoms with Gasteiger partial charge in [0.15, 0.2) is 17.0 Å². The maximum Gasteiger partial charge on any atom is 0.245 e. The van der Waals surface area contributed by atoms with Crippen LogP contribution in [0.25, 0.3) is 22.6 Å². The van der Waals surface area contributed by atoms with Crippen LogP contribution in [0.4, 0.5) is 5.82 Å². The quantitative estimate of drug-likeness (QED) is 0.640. The third-order valence-corrected chi connectivity index (χ3v) is 6.09. The predicted molar refractivity (Wildman–Crippen MR) is 114 cm³/mol. The molecule has 0 radical (unpaired) electrons. The largest absolute Gasteiger partial charge is 0.374 e. The number of aromatic nitrogens is 6. The fourth-order valence-corrected chi connectivity index (χ4v) is 4.44. The Kier molecular flexibility index (Phi) is 5.01. The van der Waals surface area contributed by atoms with Gasteiger partial charge in [0, 0.05) is 25.5 Å². The van der Waals surface area contributed by atoms with E-state index >= 15 is 0 Å². The molecule has 1 amide bonds. The monoisotopic (exact) mass is 422 g/mol. The molecular formula is C21H26N8O2. The van der Waals surface area contributed by atoms with E-state index in [1.165, 1.54) is 6.33 Å². The zero-order valence-electron chi connectivity index (χ0n) is 17.9. The summed E-state index contributed by atoms with van der Waals surface area (Å²) < 4.78 is 7.65. The molecule has 2 fully saturated rings. The Morgan fingerprint density at radius 1 is 1.26 bits per heavy atom. The van der Waals surface area contributed by atoms with Gasteiger partial charge in [-0.15, -0.1) is 0 Å². The second-order valence-corrected chi connectivity index (χ2v) is 8.03. The molecule has 0 aliphatic carbocycles. The normalized spacial score (nSPS) is 21.1. The van der Waals surface area contributed by atoms with Gasteiger partial charge in [-0.1, -0.05) is 6.92 Å². The van der Waals surface area contributed by atoms with Gasteiger partial charge in [0.25, 0.3) is 0 Å². The van der Waals surface area contributed by atoms with Gasteiger partial charge in [-0.3, -0.25) is 4.79 Å². The van der Waals surface area contributed by atoms with Crippen LogP contribution in [0.3, 0.4) is 0 Å². The lowest BCUT2D eigenvalue weighted by Crippen LogP contribution is -2.48. The van der Waals surface area contributed by atoms with Crippen molar-refractivity contribution in [2.24, 2.45) is 0 Å². The van der Waals surface area contributed by atoms with Gasteiger partial charge in [-0.2, -0.15) is 0 Å². The third-order valence-electron chi connectivity index (χ3n) is 6.09. The van der Waals surface area contributed by atoms with Gasteiger partial charge in [-0.25, -0.2) is 24.9 Å². The topological polar surface area (TPSA) is 111 Å². The maximum absolute atomic E-state index is 13.2. The number of carbonyl (C=O) groups is 1. The second kappa shape index (κ2) is 7.84. The zero-order chi connectivity index (χ0) is 21.5. The minimum Gasteiger partial charge on any atom is -0.374 e. The highest BCUT2D eigenvalue weighted by Gasteiger charge is 2.43. The van der Waals surface area contributed by atoms with E-state index in [4.69, 9.17) is 9.72 Å². The van der Waals surface area contributed by atoms with Crippen molar-refractivity contribution in [2.75, 3.05) is 18.5 Å². The van der Waals surface area contributed by atoms with E-state index in [-0.39, 0.29) is 24.1 Å². The SMILES string of the molecule is CCC(Nc1ncnc2c1nc(-c1cnc(C)nc1)n2CC)C(=O)N1C[C@H]2C[C@@H]1CO2. The molecule has 2 aliphatic heterocycles. The summed E-state index contributed by atoms with van der Waals surface area (Å²) in [6.45, 7) is 7.87. The van der Waals surface area contributed by atoms with Crippen molar-refractivity contribution in [3.63, 3.8) is 0 Å². The predicted octanol–water partition coefficient (Wildman–Crippen LogP) is 1.80. The van der Waals surface area contributed by atoms with E-state index in [2.05, 4.69) is 25.3 Å². The minimum absolute atomic E-state index is 0.0899. The fraction of sp³-hybridized carbons (Fsp3) is 0.524. The first kappa shape index (κ1) is 19.8. The molecule has 3 atom stereocenters. The third kappa shape index (κ3) is 3.40. The van der Waals surface area contributed by atoms with Gasteiger partial charge in [-0.05, 0) is 26.7 Å². The van der Waals surface area contributed by atoms with E-state index in [0.717, 1.165) is 17.8 Å². The van der Waals surface area contributed by atoms with Crippen LogP contribution in [0.5, 0.6) is 0 Å². The summed E-state index contributed by atoms with van der Waals surface area (Å²) >= 11 is 0. The summed E-state index contributed by atoms with van der Waals surface area (Å²) in [7, 11) is 0. The summed E-state index contributed by atoms with van der Waals surface area (Å²) in [6.07, 6.45) is 6.79. The number of hydrogen-bond donors (Lipinski definition) is 1. The molecule has 0 saturated carbocycles. The van der Waals surface area contributed by atoms with Crippen molar-refractivity contribution < 1.29 is 9.53 Å². The Bertz CT molecular complexity index is 1110. The molecule has 31 heavy (non-hydrogen) atoms. The number of imidazole rings is 1. The molecule has 5 rings (SSSR count). The number of aryl methyl sites for hydroxylation is 2. The first-order valence-electron chi connectivity index (χ1n) is 10.8.